The van der Waals surface area contributed by atoms with Crippen molar-refractivity contribution in [2.75, 3.05) is 0 Å². The maximum atomic E-state index is 6.65. The normalized spacial score (nSPS) is 17.3. The number of ether oxygens (including phenoxy) is 2. The maximum absolute atomic E-state index is 6.65. The summed E-state index contributed by atoms with van der Waals surface area (Å²) in [6, 6.07) is 34.8. The number of nitrogens with zero attached hydrogens (tertiary/aromatic N) is 3. The minimum absolute atomic E-state index is 0. The van der Waals surface area contributed by atoms with E-state index < -0.39 is 11.1 Å². The van der Waals surface area contributed by atoms with Gasteiger partial charge in [-0.05, 0) is 71.9 Å². The van der Waals surface area contributed by atoms with Gasteiger partial charge in [-0.3, -0.25) is 4.99 Å². The van der Waals surface area contributed by atoms with Crippen LogP contribution in [0, 0.1) is 26.0 Å². The molecule has 0 radical (unpaired) electrons. The van der Waals surface area contributed by atoms with Gasteiger partial charge in [-0.25, -0.2) is 4.98 Å². The monoisotopic (exact) mass is 856 g/mol. The van der Waals surface area contributed by atoms with Crippen molar-refractivity contribution in [1.82, 2.24) is 9.55 Å². The molecule has 0 amide bonds. The quantitative estimate of drug-likeness (QED) is 0.162. The van der Waals surface area contributed by atoms with Crippen molar-refractivity contribution in [2.24, 2.45) is 4.99 Å². The Kier molecular flexibility index (Phi) is 9.16. The van der Waals surface area contributed by atoms with E-state index in [1.165, 1.54) is 16.5 Å². The first-order valence-corrected chi connectivity index (χ1v) is 17.5. The van der Waals surface area contributed by atoms with Crippen LogP contribution >= 0.6 is 0 Å². The van der Waals surface area contributed by atoms with Crippen LogP contribution in [-0.4, -0.2) is 21.0 Å². The molecule has 0 saturated heterocycles. The molecule has 0 aliphatic carbocycles. The zero-order chi connectivity index (χ0) is 35.8. The molecule has 0 N–H and O–H groups in total. The van der Waals surface area contributed by atoms with Gasteiger partial charge < -0.3 is 14.0 Å². The van der Waals surface area contributed by atoms with Gasteiger partial charge in [0.1, 0.15) is 22.9 Å². The average Bonchev–Trinajstić information content (AvgIpc) is 3.51. The van der Waals surface area contributed by atoms with Crippen LogP contribution in [0.4, 0.5) is 0 Å². The summed E-state index contributed by atoms with van der Waals surface area (Å²) < 4.78 is 15.5. The Labute approximate surface area is 317 Å². The van der Waals surface area contributed by atoms with E-state index in [0.29, 0.717) is 17.4 Å². The molecular formula is C45H47N3O2Pt. The van der Waals surface area contributed by atoms with Crippen molar-refractivity contribution in [2.45, 2.75) is 98.1 Å². The maximum Gasteiger partial charge on any atom is 2.00 e. The molecule has 0 spiro atoms. The SMILES string of the molecule is Cc1cc(C)c(C2=N[C@](C)(c3ccccc3)C(C)(C)O2)[c-]c1Oc1[c-]c2c(cc1)c1cc(C(C)(C)C)ccc1n2-c1cc(C(C)(C)C)ccn1.[Pt+2]. The van der Waals surface area contributed by atoms with Crippen LogP contribution in [0.1, 0.15) is 95.7 Å². The standard InChI is InChI=1S/C45H47N3O2.Pt/c1-28-23-29(2)39(27-35(28)41-47-45(11,44(9,10)50-41)30-15-13-12-14-16-30)49-33-18-19-34-36-24-31(42(3,4)5)17-20-37(36)48(38(34)26-33)40-25-32(21-22-46-40)43(6,7)8;/h12-25H,1-11H3;/q-2;+2/t45-;/m1./s1. The smallest absolute Gasteiger partial charge is 0.512 e. The molecule has 1 atom stereocenters. The molecule has 2 aromatic heterocycles. The third-order valence-electron chi connectivity index (χ3n) is 10.4. The molecule has 51 heavy (non-hydrogen) atoms. The molecule has 5 nitrogen and oxygen atoms in total. The summed E-state index contributed by atoms with van der Waals surface area (Å²) in [7, 11) is 0. The molecule has 0 saturated carbocycles. The molecule has 0 unspecified atom stereocenters. The van der Waals surface area contributed by atoms with Gasteiger partial charge in [0, 0.05) is 23.2 Å². The molecule has 0 bridgehead atoms. The Morgan fingerprint density at radius 3 is 2.12 bits per heavy atom. The molecule has 6 aromatic rings. The minimum atomic E-state index is -0.562. The molecule has 4 aromatic carbocycles. The minimum Gasteiger partial charge on any atom is -0.512 e. The molecule has 1 aliphatic heterocycles. The summed E-state index contributed by atoms with van der Waals surface area (Å²) in [5, 5.41) is 2.27. The van der Waals surface area contributed by atoms with Gasteiger partial charge in [0.15, 0.2) is 0 Å². The van der Waals surface area contributed by atoms with Crippen LogP contribution < -0.4 is 4.74 Å². The molecule has 0 fully saturated rings. The van der Waals surface area contributed by atoms with Crippen LogP contribution in [0.2, 0.25) is 0 Å². The number of hydrogen-bond acceptors (Lipinski definition) is 4. The largest absolute Gasteiger partial charge is 2.00 e. The first-order chi connectivity index (χ1) is 23.5. The summed E-state index contributed by atoms with van der Waals surface area (Å²) in [6.45, 7) is 23.9. The predicted octanol–water partition coefficient (Wildman–Crippen LogP) is 11.3. The Hall–Kier alpha value is -4.21. The molecule has 1 aliphatic rings. The second kappa shape index (κ2) is 12.8. The van der Waals surface area contributed by atoms with Gasteiger partial charge >= 0.3 is 21.1 Å². The van der Waals surface area contributed by atoms with Crippen molar-refractivity contribution >= 4 is 27.7 Å². The second-order valence-electron chi connectivity index (χ2n) is 16.5. The predicted molar refractivity (Wildman–Crippen MR) is 205 cm³/mol. The topological polar surface area (TPSA) is 48.6 Å². The molecule has 7 rings (SSSR count). The van der Waals surface area contributed by atoms with E-state index in [4.69, 9.17) is 19.5 Å². The number of aryl methyl sites for hydroxylation is 2. The van der Waals surface area contributed by atoms with Crippen LogP contribution in [0.15, 0.2) is 90.1 Å². The van der Waals surface area contributed by atoms with Gasteiger partial charge in [-0.15, -0.1) is 29.1 Å². The Morgan fingerprint density at radius 2 is 1.43 bits per heavy atom. The van der Waals surface area contributed by atoms with Crippen molar-refractivity contribution in [1.29, 1.82) is 0 Å². The van der Waals surface area contributed by atoms with Crippen molar-refractivity contribution in [3.63, 3.8) is 0 Å². The van der Waals surface area contributed by atoms with Gasteiger partial charge in [0.05, 0.1) is 0 Å². The van der Waals surface area contributed by atoms with E-state index in [9.17, 15) is 0 Å². The van der Waals surface area contributed by atoms with E-state index >= 15 is 0 Å². The summed E-state index contributed by atoms with van der Waals surface area (Å²) in [5.41, 5.74) is 7.27. The van der Waals surface area contributed by atoms with Gasteiger partial charge in [0.25, 0.3) is 0 Å². The Bertz CT molecular complexity index is 2300. The number of aliphatic imine (C=N–C) groups is 1. The molecule has 3 heterocycles. The summed E-state index contributed by atoms with van der Waals surface area (Å²) in [5.74, 6) is 2.64. The van der Waals surface area contributed by atoms with Gasteiger partial charge in [-0.2, -0.15) is 6.07 Å². The van der Waals surface area contributed by atoms with Crippen LogP contribution in [-0.2, 0) is 42.2 Å². The number of hydrogen-bond donors (Lipinski definition) is 0. The van der Waals surface area contributed by atoms with Crippen LogP contribution in [0.3, 0.4) is 0 Å². The third-order valence-corrected chi connectivity index (χ3v) is 10.4. The van der Waals surface area contributed by atoms with Crippen molar-refractivity contribution < 1.29 is 30.5 Å². The van der Waals surface area contributed by atoms with Gasteiger partial charge in [0.2, 0.25) is 0 Å². The third kappa shape index (κ3) is 6.44. The fourth-order valence-electron chi connectivity index (χ4n) is 6.89. The summed E-state index contributed by atoms with van der Waals surface area (Å²) in [4.78, 5) is 10.1. The fourth-order valence-corrected chi connectivity index (χ4v) is 6.89. The molecule has 264 valence electrons. The number of rotatable bonds is 5. The zero-order valence-electron chi connectivity index (χ0n) is 31.6. The number of aromatic nitrogens is 2. The first kappa shape index (κ1) is 36.6. The van der Waals surface area contributed by atoms with Crippen molar-refractivity contribution in [3.8, 4) is 17.3 Å². The second-order valence-corrected chi connectivity index (χ2v) is 16.5. The van der Waals surface area contributed by atoms with E-state index in [1.807, 2.05) is 37.4 Å². The Morgan fingerprint density at radius 1 is 0.745 bits per heavy atom. The van der Waals surface area contributed by atoms with E-state index in [1.54, 1.807) is 0 Å². The van der Waals surface area contributed by atoms with Gasteiger partial charge in [-0.1, -0.05) is 121 Å². The molecular weight excluding hydrogens is 810 g/mol. The number of pyridine rings is 1. The van der Waals surface area contributed by atoms with E-state index in [-0.39, 0.29) is 31.9 Å². The van der Waals surface area contributed by atoms with E-state index in [0.717, 1.165) is 44.5 Å². The van der Waals surface area contributed by atoms with E-state index in [2.05, 4.69) is 141 Å². The fraction of sp³-hybridized carbons (Fsp3) is 0.333. The zero-order valence-corrected chi connectivity index (χ0v) is 33.8. The first-order valence-electron chi connectivity index (χ1n) is 17.5. The number of benzene rings is 4. The molecule has 6 heteroatoms. The summed E-state index contributed by atoms with van der Waals surface area (Å²) in [6.07, 6.45) is 1.90. The van der Waals surface area contributed by atoms with Crippen LogP contribution in [0.25, 0.3) is 27.6 Å². The number of fused-ring (bicyclic) bond motifs is 3. The van der Waals surface area contributed by atoms with Crippen molar-refractivity contribution in [3.05, 3.63) is 131 Å². The summed E-state index contributed by atoms with van der Waals surface area (Å²) >= 11 is 0. The van der Waals surface area contributed by atoms with Crippen LogP contribution in [0.5, 0.6) is 11.5 Å². The average molecular weight is 857 g/mol. The Balaban J connectivity index is 0.00000448.